The average Bonchev–Trinajstić information content (AvgIpc) is 2.46. The fourth-order valence-electron chi connectivity index (χ4n) is 1.65. The summed E-state index contributed by atoms with van der Waals surface area (Å²) in [6.45, 7) is 1.74. The van der Waals surface area contributed by atoms with Crippen molar-refractivity contribution in [3.05, 3.63) is 35.9 Å². The first-order chi connectivity index (χ1) is 9.67. The van der Waals surface area contributed by atoms with Crippen LogP contribution in [0.5, 0.6) is 0 Å². The van der Waals surface area contributed by atoms with Crippen molar-refractivity contribution < 1.29 is 19.1 Å². The zero-order chi connectivity index (χ0) is 14.8. The number of carbonyl (C=O) groups is 3. The lowest BCUT2D eigenvalue weighted by Gasteiger charge is -2.15. The second-order valence-electron chi connectivity index (χ2n) is 4.05. The third-order valence-corrected chi connectivity index (χ3v) is 2.58. The lowest BCUT2D eigenvalue weighted by atomic mass is 10.1. The molecule has 0 fully saturated rings. The maximum atomic E-state index is 11.9. The predicted molar refractivity (Wildman–Crippen MR) is 72.8 cm³/mol. The van der Waals surface area contributed by atoms with Crippen molar-refractivity contribution in [2.24, 2.45) is 0 Å². The number of ether oxygens (including phenoxy) is 1. The van der Waals surface area contributed by atoms with Gasteiger partial charge in [-0.15, -0.1) is 0 Å². The predicted octanol–water partition coefficient (Wildman–Crippen LogP) is 0.0230. The van der Waals surface area contributed by atoms with Crippen molar-refractivity contribution in [1.82, 2.24) is 10.6 Å². The van der Waals surface area contributed by atoms with Gasteiger partial charge in [0.15, 0.2) is 0 Å². The number of rotatable bonds is 8. The Morgan fingerprint density at radius 2 is 2.00 bits per heavy atom. The maximum absolute atomic E-state index is 11.9. The molecule has 0 spiro atoms. The minimum Gasteiger partial charge on any atom is -0.465 e. The molecule has 0 bridgehead atoms. The molecule has 6 nitrogen and oxygen atoms in total. The standard InChI is InChI=1S/C14H18N2O4/c1-2-20-13(18)9-15-14(19)12(16-10-17)8-11-6-4-3-5-7-11/h3-7,10,12H,2,8-9H2,1H3,(H,15,19)(H,16,17)/t12-/m0/s1. The number of nitrogens with one attached hydrogen (secondary N) is 2. The summed E-state index contributed by atoms with van der Waals surface area (Å²) in [7, 11) is 0. The van der Waals surface area contributed by atoms with E-state index in [1.807, 2.05) is 30.3 Å². The molecule has 0 saturated carbocycles. The first kappa shape index (κ1) is 15.7. The molecule has 108 valence electrons. The Kier molecular flexibility index (Phi) is 6.81. The van der Waals surface area contributed by atoms with Gasteiger partial charge in [-0.25, -0.2) is 0 Å². The highest BCUT2D eigenvalue weighted by molar-refractivity contribution is 5.87. The molecular formula is C14H18N2O4. The van der Waals surface area contributed by atoms with Gasteiger partial charge in [-0.3, -0.25) is 14.4 Å². The first-order valence-corrected chi connectivity index (χ1v) is 6.34. The fourth-order valence-corrected chi connectivity index (χ4v) is 1.65. The quantitative estimate of drug-likeness (QED) is 0.519. The van der Waals surface area contributed by atoms with Crippen molar-refractivity contribution in [2.45, 2.75) is 19.4 Å². The van der Waals surface area contributed by atoms with Gasteiger partial charge < -0.3 is 15.4 Å². The van der Waals surface area contributed by atoms with Gasteiger partial charge in [0.1, 0.15) is 12.6 Å². The molecule has 20 heavy (non-hydrogen) atoms. The summed E-state index contributed by atoms with van der Waals surface area (Å²) < 4.78 is 4.71. The Bertz CT molecular complexity index is 448. The normalized spacial score (nSPS) is 11.2. The molecule has 1 aromatic carbocycles. The van der Waals surface area contributed by atoms with Crippen LogP contribution in [-0.2, 0) is 25.5 Å². The molecule has 0 unspecified atom stereocenters. The van der Waals surface area contributed by atoms with E-state index in [0.29, 0.717) is 12.8 Å². The van der Waals surface area contributed by atoms with Crippen LogP contribution in [0.4, 0.5) is 0 Å². The fraction of sp³-hybridized carbons (Fsp3) is 0.357. The van der Waals surface area contributed by atoms with Gasteiger partial charge in [0.2, 0.25) is 12.3 Å². The molecular weight excluding hydrogens is 260 g/mol. The van der Waals surface area contributed by atoms with Gasteiger partial charge in [0.25, 0.3) is 0 Å². The van der Waals surface area contributed by atoms with E-state index in [2.05, 4.69) is 10.6 Å². The molecule has 2 N–H and O–H groups in total. The smallest absolute Gasteiger partial charge is 0.325 e. The van der Waals surface area contributed by atoms with E-state index in [4.69, 9.17) is 4.74 Å². The Hall–Kier alpha value is -2.37. The minimum atomic E-state index is -0.718. The van der Waals surface area contributed by atoms with Crippen LogP contribution < -0.4 is 10.6 Å². The Morgan fingerprint density at radius 1 is 1.30 bits per heavy atom. The monoisotopic (exact) mass is 278 g/mol. The van der Waals surface area contributed by atoms with Crippen LogP contribution >= 0.6 is 0 Å². The van der Waals surface area contributed by atoms with Crippen molar-refractivity contribution in [3.63, 3.8) is 0 Å². The van der Waals surface area contributed by atoms with E-state index >= 15 is 0 Å². The first-order valence-electron chi connectivity index (χ1n) is 6.34. The SMILES string of the molecule is CCOC(=O)CNC(=O)[C@H](Cc1ccccc1)NC=O. The van der Waals surface area contributed by atoms with E-state index in [0.717, 1.165) is 5.56 Å². The third kappa shape index (κ3) is 5.51. The van der Waals surface area contributed by atoms with Crippen molar-refractivity contribution in [1.29, 1.82) is 0 Å². The largest absolute Gasteiger partial charge is 0.465 e. The van der Waals surface area contributed by atoms with Crippen molar-refractivity contribution in [2.75, 3.05) is 13.2 Å². The van der Waals surface area contributed by atoms with Gasteiger partial charge in [0, 0.05) is 6.42 Å². The third-order valence-electron chi connectivity index (χ3n) is 2.58. The Balaban J connectivity index is 2.54. The molecule has 1 rings (SSSR count). The average molecular weight is 278 g/mol. The van der Waals surface area contributed by atoms with Crippen LogP contribution in [0.15, 0.2) is 30.3 Å². The van der Waals surface area contributed by atoms with E-state index < -0.39 is 17.9 Å². The number of benzene rings is 1. The van der Waals surface area contributed by atoms with E-state index in [1.54, 1.807) is 6.92 Å². The van der Waals surface area contributed by atoms with Gasteiger partial charge >= 0.3 is 5.97 Å². The zero-order valence-electron chi connectivity index (χ0n) is 11.3. The lowest BCUT2D eigenvalue weighted by Crippen LogP contribution is -2.46. The highest BCUT2D eigenvalue weighted by atomic mass is 16.5. The molecule has 0 saturated heterocycles. The maximum Gasteiger partial charge on any atom is 0.325 e. The van der Waals surface area contributed by atoms with Gasteiger partial charge in [-0.1, -0.05) is 30.3 Å². The molecule has 1 atom stereocenters. The lowest BCUT2D eigenvalue weighted by molar-refractivity contribution is -0.143. The molecule has 0 heterocycles. The van der Waals surface area contributed by atoms with Crippen LogP contribution in [0, 0.1) is 0 Å². The van der Waals surface area contributed by atoms with Gasteiger partial charge in [-0.05, 0) is 12.5 Å². The van der Waals surface area contributed by atoms with Crippen molar-refractivity contribution >= 4 is 18.3 Å². The summed E-state index contributed by atoms with van der Waals surface area (Å²) >= 11 is 0. The van der Waals surface area contributed by atoms with Crippen LogP contribution in [-0.4, -0.2) is 37.5 Å². The summed E-state index contributed by atoms with van der Waals surface area (Å²) in [5.74, 6) is -0.931. The number of hydrogen-bond donors (Lipinski definition) is 2. The summed E-state index contributed by atoms with van der Waals surface area (Å²) in [5.41, 5.74) is 0.915. The van der Waals surface area contributed by atoms with Gasteiger partial charge in [-0.2, -0.15) is 0 Å². The Morgan fingerprint density at radius 3 is 2.60 bits per heavy atom. The van der Waals surface area contributed by atoms with Crippen molar-refractivity contribution in [3.8, 4) is 0 Å². The van der Waals surface area contributed by atoms with Crippen LogP contribution in [0.3, 0.4) is 0 Å². The second-order valence-corrected chi connectivity index (χ2v) is 4.05. The van der Waals surface area contributed by atoms with E-state index in [1.165, 1.54) is 0 Å². The molecule has 1 aromatic rings. The topological polar surface area (TPSA) is 84.5 Å². The molecule has 2 amide bonds. The molecule has 0 radical (unpaired) electrons. The van der Waals surface area contributed by atoms with Gasteiger partial charge in [0.05, 0.1) is 6.61 Å². The number of carbonyl (C=O) groups excluding carboxylic acids is 3. The van der Waals surface area contributed by atoms with Crippen LogP contribution in [0.1, 0.15) is 12.5 Å². The minimum absolute atomic E-state index is 0.210. The molecule has 0 aliphatic heterocycles. The van der Waals surface area contributed by atoms with Crippen LogP contribution in [0.2, 0.25) is 0 Å². The number of hydrogen-bond acceptors (Lipinski definition) is 4. The summed E-state index contributed by atoms with van der Waals surface area (Å²) in [6, 6.07) is 8.57. The number of esters is 1. The van der Waals surface area contributed by atoms with Crippen LogP contribution in [0.25, 0.3) is 0 Å². The summed E-state index contributed by atoms with van der Waals surface area (Å²) in [6.07, 6.45) is 0.825. The summed E-state index contributed by atoms with van der Waals surface area (Å²) in [5, 5.41) is 4.88. The van der Waals surface area contributed by atoms with E-state index in [9.17, 15) is 14.4 Å². The zero-order valence-corrected chi connectivity index (χ0v) is 11.3. The summed E-state index contributed by atoms with van der Waals surface area (Å²) in [4.78, 5) is 33.6. The molecule has 0 aliphatic carbocycles. The number of amides is 2. The Labute approximate surface area is 117 Å². The highest BCUT2D eigenvalue weighted by Gasteiger charge is 2.18. The molecule has 0 aliphatic rings. The molecule has 0 aromatic heterocycles. The molecule has 6 heteroatoms. The second kappa shape index (κ2) is 8.68. The highest BCUT2D eigenvalue weighted by Crippen LogP contribution is 2.03. The van der Waals surface area contributed by atoms with E-state index in [-0.39, 0.29) is 13.2 Å².